The van der Waals surface area contributed by atoms with E-state index < -0.39 is 59.6 Å². The number of hydrogen-bond donors (Lipinski definition) is 4. The minimum absolute atomic E-state index is 0.211. The molecule has 0 radical (unpaired) electrons. The van der Waals surface area contributed by atoms with Crippen LogP contribution in [0, 0.1) is 10.8 Å². The van der Waals surface area contributed by atoms with Crippen molar-refractivity contribution in [3.05, 3.63) is 132 Å². The molecule has 450 valence electrons. The molecule has 0 aliphatic carbocycles. The lowest BCUT2D eigenvalue weighted by atomic mass is 9.87. The average Bonchev–Trinajstić information content (AvgIpc) is 3.41. The number of nitrogens with two attached hydrogens (primary N) is 1. The van der Waals surface area contributed by atoms with Crippen LogP contribution >= 0.6 is 0 Å². The first kappa shape index (κ1) is 66.4. The molecule has 5 rings (SSSR count). The highest BCUT2D eigenvalue weighted by Crippen LogP contribution is 2.39. The fourth-order valence-corrected chi connectivity index (χ4v) is 9.16. The lowest BCUT2D eigenvalue weighted by Crippen LogP contribution is -2.51. The van der Waals surface area contributed by atoms with Gasteiger partial charge in [-0.05, 0) is 144 Å². The fraction of sp³-hybridized carbons (Fsp3) is 0.485. The Labute approximate surface area is 493 Å². The molecule has 0 saturated carbocycles. The lowest BCUT2D eigenvalue weighted by Gasteiger charge is -2.27. The van der Waals surface area contributed by atoms with Gasteiger partial charge in [-0.2, -0.15) is 0 Å². The molecule has 3 amide bonds. The van der Waals surface area contributed by atoms with Gasteiger partial charge >= 0.3 is 18.0 Å². The number of hydrogen-bond acceptors (Lipinski definition) is 12. The topological polar surface area (TPSA) is 203 Å². The third kappa shape index (κ3) is 23.4. The number of aryl methyl sites for hydroxylation is 2. The van der Waals surface area contributed by atoms with Gasteiger partial charge in [0.1, 0.15) is 46.8 Å². The zero-order valence-corrected chi connectivity index (χ0v) is 51.3. The molecule has 0 heterocycles. The van der Waals surface area contributed by atoms with Gasteiger partial charge in [0, 0.05) is 36.3 Å². The summed E-state index contributed by atoms with van der Waals surface area (Å²) in [5, 5.41) is 8.53. The highest BCUT2D eigenvalue weighted by molar-refractivity contribution is 5.91. The van der Waals surface area contributed by atoms with E-state index in [4.69, 9.17) is 34.2 Å². The van der Waals surface area contributed by atoms with Crippen LogP contribution in [-0.4, -0.2) is 79.4 Å². The van der Waals surface area contributed by atoms with E-state index in [0.717, 1.165) is 83.4 Å². The van der Waals surface area contributed by atoms with Crippen molar-refractivity contribution < 1.29 is 52.4 Å². The number of ether oxygens (including phenoxy) is 6. The van der Waals surface area contributed by atoms with Crippen molar-refractivity contribution >= 4 is 29.8 Å². The third-order valence-electron chi connectivity index (χ3n) is 13.7. The molecule has 0 spiro atoms. The summed E-state index contributed by atoms with van der Waals surface area (Å²) in [6.45, 7) is 24.7. The second-order valence-corrected chi connectivity index (χ2v) is 24.8. The predicted molar refractivity (Wildman–Crippen MR) is 327 cm³/mol. The maximum Gasteiger partial charge on any atom is 0.408 e. The first-order valence-corrected chi connectivity index (χ1v) is 29.3. The van der Waals surface area contributed by atoms with Crippen molar-refractivity contribution in [1.29, 1.82) is 0 Å². The van der Waals surface area contributed by atoms with E-state index in [2.05, 4.69) is 68.8 Å². The monoisotopic (exact) mass is 1140 g/mol. The summed E-state index contributed by atoms with van der Waals surface area (Å²) in [6, 6.07) is 35.4. The Morgan fingerprint density at radius 3 is 1.45 bits per heavy atom. The first-order valence-electron chi connectivity index (χ1n) is 29.3. The van der Waals surface area contributed by atoms with Crippen LogP contribution in [-0.2, 0) is 48.1 Å². The fourth-order valence-electron chi connectivity index (χ4n) is 9.16. The minimum atomic E-state index is -1.32. The van der Waals surface area contributed by atoms with Crippen molar-refractivity contribution in [2.45, 2.75) is 177 Å². The van der Waals surface area contributed by atoms with Crippen LogP contribution in [0.5, 0.6) is 23.0 Å². The van der Waals surface area contributed by atoms with E-state index in [9.17, 15) is 24.0 Å². The Bertz CT molecular complexity index is 2880. The Kier molecular flexibility index (Phi) is 25.1. The minimum Gasteiger partial charge on any atom is -0.493 e. The van der Waals surface area contributed by atoms with Gasteiger partial charge in [-0.3, -0.25) is 19.2 Å². The smallest absolute Gasteiger partial charge is 0.408 e. The molecule has 0 aromatic heterocycles. The lowest BCUT2D eigenvalue weighted by molar-refractivity contribution is -0.156. The van der Waals surface area contributed by atoms with E-state index >= 15 is 0 Å². The number of benzene rings is 5. The van der Waals surface area contributed by atoms with Gasteiger partial charge in [-0.25, -0.2) is 4.79 Å². The Morgan fingerprint density at radius 1 is 0.506 bits per heavy atom. The molecule has 5 aromatic carbocycles. The summed E-state index contributed by atoms with van der Waals surface area (Å²) >= 11 is 0. The average molecular weight is 1140 g/mol. The van der Waals surface area contributed by atoms with Crippen LogP contribution in [0.2, 0.25) is 0 Å². The number of nitrogens with one attached hydrogen (secondary N) is 3. The number of carbonyl (C=O) groups excluding carboxylic acids is 5. The Morgan fingerprint density at radius 2 is 0.964 bits per heavy atom. The number of amides is 3. The number of esters is 2. The van der Waals surface area contributed by atoms with Crippen LogP contribution in [0.4, 0.5) is 4.79 Å². The third-order valence-corrected chi connectivity index (χ3v) is 13.7. The number of unbranched alkanes of at least 4 members (excludes halogenated alkanes) is 2. The van der Waals surface area contributed by atoms with Crippen LogP contribution < -0.4 is 40.6 Å². The van der Waals surface area contributed by atoms with Crippen LogP contribution in [0.15, 0.2) is 115 Å². The van der Waals surface area contributed by atoms with E-state index in [0.29, 0.717) is 50.5 Å². The van der Waals surface area contributed by atoms with E-state index in [-0.39, 0.29) is 29.5 Å². The molecule has 0 saturated heterocycles. The molecule has 15 heteroatoms. The van der Waals surface area contributed by atoms with E-state index in [1.165, 1.54) is 0 Å². The van der Waals surface area contributed by atoms with Gasteiger partial charge in [0.15, 0.2) is 0 Å². The van der Waals surface area contributed by atoms with Crippen molar-refractivity contribution in [2.24, 2.45) is 16.6 Å². The molecule has 15 nitrogen and oxygen atoms in total. The quantitative estimate of drug-likeness (QED) is 0.0186. The Hall–Kier alpha value is -7.39. The van der Waals surface area contributed by atoms with E-state index in [1.54, 1.807) is 47.6 Å². The summed E-state index contributed by atoms with van der Waals surface area (Å²) in [5.41, 5.74) is 10.5. The molecule has 0 fully saturated rings. The molecule has 5 N–H and O–H groups in total. The Balaban J connectivity index is 1.19. The van der Waals surface area contributed by atoms with Gasteiger partial charge in [-0.15, -0.1) is 0 Å². The van der Waals surface area contributed by atoms with Gasteiger partial charge in [0.25, 0.3) is 0 Å². The molecule has 2 unspecified atom stereocenters. The van der Waals surface area contributed by atoms with Crippen LogP contribution in [0.25, 0.3) is 22.3 Å². The second-order valence-electron chi connectivity index (χ2n) is 24.8. The van der Waals surface area contributed by atoms with Gasteiger partial charge < -0.3 is 50.1 Å². The molecule has 0 aliphatic heterocycles. The number of carbonyl (C=O) groups is 5. The first-order chi connectivity index (χ1) is 39.2. The standard InChI is InChI=1S/C68H92N4O11/c1-13-48-38-52(50-30-20-16-21-31-50)58(80-44-47-28-18-15-19-29-47)42-56(48)78-36-26-25-35-68(11,12)46-71-63(76)55(72-64(77)83-66(6,7)8)41-60(73)81-59-43-57(49(14-2)39-53(59)51-32-22-17-23-33-51)79-37-27-24-34-67(9,10)45-70-62(75)54(69)40-61(74)82-65(3,4)5/h15-23,28-33,38-39,42-43,54-55H,13-14,24-27,34-37,40-41,44-46,69H2,1-12H3,(H,70,75)(H,71,76)(H,72,77). The summed E-state index contributed by atoms with van der Waals surface area (Å²) in [6.07, 6.45) is 4.48. The zero-order valence-electron chi connectivity index (χ0n) is 51.3. The molecule has 2 atom stereocenters. The molecular formula is C68H92N4O11. The summed E-state index contributed by atoms with van der Waals surface area (Å²) < 4.78 is 36.3. The predicted octanol–water partition coefficient (Wildman–Crippen LogP) is 13.1. The zero-order chi connectivity index (χ0) is 60.8. The maximum atomic E-state index is 14.1. The van der Waals surface area contributed by atoms with Crippen molar-refractivity contribution in [3.8, 4) is 45.3 Å². The van der Waals surface area contributed by atoms with Gasteiger partial charge in [0.05, 0.1) is 32.1 Å². The molecule has 83 heavy (non-hydrogen) atoms. The highest BCUT2D eigenvalue weighted by atomic mass is 16.6. The molecular weight excluding hydrogens is 1050 g/mol. The highest BCUT2D eigenvalue weighted by Gasteiger charge is 2.31. The largest absolute Gasteiger partial charge is 0.493 e. The van der Waals surface area contributed by atoms with Crippen LogP contribution in [0.1, 0.15) is 151 Å². The number of alkyl carbamates (subject to hydrolysis) is 1. The maximum absolute atomic E-state index is 14.1. The van der Waals surface area contributed by atoms with E-state index in [1.807, 2.05) is 97.9 Å². The normalized spacial score (nSPS) is 12.5. The van der Waals surface area contributed by atoms with Crippen molar-refractivity contribution in [3.63, 3.8) is 0 Å². The van der Waals surface area contributed by atoms with Crippen LogP contribution in [0.3, 0.4) is 0 Å². The second kappa shape index (κ2) is 31.3. The summed E-state index contributed by atoms with van der Waals surface area (Å²) in [7, 11) is 0. The SMILES string of the molecule is CCc1cc(-c2ccccc2)c(OC(=O)CC(NC(=O)OC(C)(C)C)C(=O)NCC(C)(C)CCCCOc2cc(OCc3ccccc3)c(-c3ccccc3)cc2CC)cc1OCCCCC(C)(C)CNC(=O)C(N)CC(=O)OC(C)(C)C. The molecule has 5 aromatic rings. The van der Waals surface area contributed by atoms with Gasteiger partial charge in [0.2, 0.25) is 11.8 Å². The summed E-state index contributed by atoms with van der Waals surface area (Å²) in [4.78, 5) is 66.4. The summed E-state index contributed by atoms with van der Waals surface area (Å²) in [5.74, 6) is 0.0977. The van der Waals surface area contributed by atoms with Crippen molar-refractivity contribution in [1.82, 2.24) is 16.0 Å². The number of rotatable bonds is 31. The molecule has 0 aliphatic rings. The van der Waals surface area contributed by atoms with Gasteiger partial charge in [-0.1, -0.05) is 133 Å². The van der Waals surface area contributed by atoms with Crippen molar-refractivity contribution in [2.75, 3.05) is 26.3 Å². The molecule has 0 bridgehead atoms.